The molecule has 0 fully saturated rings. The summed E-state index contributed by atoms with van der Waals surface area (Å²) in [5.74, 6) is 0. The summed E-state index contributed by atoms with van der Waals surface area (Å²) in [4.78, 5) is 0. The second kappa shape index (κ2) is 8.89. The van der Waals surface area contributed by atoms with Crippen LogP contribution in [0.3, 0.4) is 0 Å². The van der Waals surface area contributed by atoms with Crippen molar-refractivity contribution in [1.29, 1.82) is 0 Å². The Bertz CT molecular complexity index is 2140. The molecule has 1 spiro atoms. The van der Waals surface area contributed by atoms with E-state index in [1.807, 2.05) is 0 Å². The highest BCUT2D eigenvalue weighted by molar-refractivity contribution is 9.10. The van der Waals surface area contributed by atoms with Gasteiger partial charge in [-0.05, 0) is 89.7 Å². The minimum absolute atomic E-state index is 0.345. The normalized spacial score (nSPS) is 13.5. The van der Waals surface area contributed by atoms with Crippen LogP contribution in [0.5, 0.6) is 0 Å². The van der Waals surface area contributed by atoms with Gasteiger partial charge in [-0.3, -0.25) is 0 Å². The summed E-state index contributed by atoms with van der Waals surface area (Å²) in [5.41, 5.74) is 15.5. The van der Waals surface area contributed by atoms with Gasteiger partial charge in [-0.25, -0.2) is 0 Å². The maximum absolute atomic E-state index is 3.62. The smallest absolute Gasteiger partial charge is 0.0619 e. The van der Waals surface area contributed by atoms with Gasteiger partial charge in [-0.2, -0.15) is 0 Å². The zero-order valence-corrected chi connectivity index (χ0v) is 24.4. The fraction of sp³-hybridized carbons (Fsp3) is 0.0244. The van der Waals surface area contributed by atoms with E-state index < -0.39 is 0 Å². The molecule has 0 amide bonds. The minimum atomic E-state index is -0.345. The molecule has 0 saturated carbocycles. The van der Waals surface area contributed by atoms with Gasteiger partial charge in [0.05, 0.1) is 5.41 Å². The summed E-state index contributed by atoms with van der Waals surface area (Å²) in [7, 11) is 0. The molecule has 0 N–H and O–H groups in total. The molecule has 0 aliphatic heterocycles. The van der Waals surface area contributed by atoms with Crippen molar-refractivity contribution in [3.05, 3.63) is 178 Å². The molecule has 0 saturated heterocycles. The molecular formula is C41H25Br. The molecular weight excluding hydrogens is 572 g/mol. The van der Waals surface area contributed by atoms with Gasteiger partial charge in [0.1, 0.15) is 0 Å². The van der Waals surface area contributed by atoms with E-state index in [9.17, 15) is 0 Å². The molecule has 2 aliphatic rings. The largest absolute Gasteiger partial charge is 0.0731 e. The summed E-state index contributed by atoms with van der Waals surface area (Å²) in [6.45, 7) is 0. The van der Waals surface area contributed by atoms with Crippen LogP contribution in [0.4, 0.5) is 0 Å². The molecule has 0 aromatic heterocycles. The van der Waals surface area contributed by atoms with Crippen LogP contribution in [0, 0.1) is 0 Å². The van der Waals surface area contributed by atoms with Crippen molar-refractivity contribution in [2.24, 2.45) is 0 Å². The highest BCUT2D eigenvalue weighted by Gasteiger charge is 2.52. The van der Waals surface area contributed by atoms with Gasteiger partial charge >= 0.3 is 0 Å². The highest BCUT2D eigenvalue weighted by Crippen LogP contribution is 2.64. The third-order valence-electron chi connectivity index (χ3n) is 9.36. The third kappa shape index (κ3) is 3.12. The molecule has 0 heterocycles. The minimum Gasteiger partial charge on any atom is -0.0619 e. The van der Waals surface area contributed by atoms with E-state index in [2.05, 4.69) is 168 Å². The van der Waals surface area contributed by atoms with Crippen molar-refractivity contribution >= 4 is 26.7 Å². The topological polar surface area (TPSA) is 0 Å². The van der Waals surface area contributed by atoms with Crippen LogP contribution in [0.2, 0.25) is 0 Å². The third-order valence-corrected chi connectivity index (χ3v) is 9.86. The maximum Gasteiger partial charge on any atom is 0.0731 e. The lowest BCUT2D eigenvalue weighted by Gasteiger charge is -2.31. The van der Waals surface area contributed by atoms with Crippen molar-refractivity contribution in [1.82, 2.24) is 0 Å². The first-order chi connectivity index (χ1) is 20.7. The molecule has 196 valence electrons. The predicted octanol–water partition coefficient (Wildman–Crippen LogP) is 11.3. The van der Waals surface area contributed by atoms with Gasteiger partial charge in [-0.15, -0.1) is 0 Å². The second-order valence-electron chi connectivity index (χ2n) is 11.4. The summed E-state index contributed by atoms with van der Waals surface area (Å²) in [5, 5.41) is 2.62. The Morgan fingerprint density at radius 2 is 0.905 bits per heavy atom. The van der Waals surface area contributed by atoms with Crippen molar-refractivity contribution in [2.75, 3.05) is 0 Å². The number of benzene rings is 7. The number of hydrogen-bond acceptors (Lipinski definition) is 0. The highest BCUT2D eigenvalue weighted by atomic mass is 79.9. The van der Waals surface area contributed by atoms with Gasteiger partial charge in [-0.1, -0.05) is 155 Å². The lowest BCUT2D eigenvalue weighted by Crippen LogP contribution is -2.26. The van der Waals surface area contributed by atoms with E-state index in [0.717, 1.165) is 4.47 Å². The van der Waals surface area contributed by atoms with Crippen molar-refractivity contribution in [2.45, 2.75) is 5.41 Å². The first kappa shape index (κ1) is 23.9. The van der Waals surface area contributed by atoms with E-state index in [4.69, 9.17) is 0 Å². The molecule has 0 nitrogen and oxygen atoms in total. The summed E-state index contributed by atoms with van der Waals surface area (Å²) in [6, 6.07) is 56.2. The first-order valence-electron chi connectivity index (χ1n) is 14.5. The van der Waals surface area contributed by atoms with Crippen molar-refractivity contribution < 1.29 is 0 Å². The van der Waals surface area contributed by atoms with Crippen LogP contribution in [-0.2, 0) is 5.41 Å². The van der Waals surface area contributed by atoms with Crippen LogP contribution in [0.25, 0.3) is 55.3 Å². The Balaban J connectivity index is 1.32. The first-order valence-corrected chi connectivity index (χ1v) is 15.3. The van der Waals surface area contributed by atoms with Crippen LogP contribution >= 0.6 is 15.9 Å². The second-order valence-corrected chi connectivity index (χ2v) is 12.3. The number of hydrogen-bond donors (Lipinski definition) is 0. The van der Waals surface area contributed by atoms with Crippen LogP contribution in [-0.4, -0.2) is 0 Å². The Kier molecular flexibility index (Phi) is 5.06. The Morgan fingerprint density at radius 3 is 1.55 bits per heavy atom. The lowest BCUT2D eigenvalue weighted by molar-refractivity contribution is 0.801. The van der Waals surface area contributed by atoms with E-state index in [1.165, 1.54) is 77.5 Å². The summed E-state index contributed by atoms with van der Waals surface area (Å²) in [6.07, 6.45) is 0. The SMILES string of the molecule is Brc1cccc(-c2ccc(-c3cccc4c5c(ccc34)-c3ccccc3C53c4ccccc4-c4ccccc43)cc2)c1. The van der Waals surface area contributed by atoms with Gasteiger partial charge in [0.2, 0.25) is 0 Å². The van der Waals surface area contributed by atoms with Gasteiger partial charge < -0.3 is 0 Å². The molecule has 9 rings (SSSR count). The van der Waals surface area contributed by atoms with E-state index in [1.54, 1.807) is 0 Å². The fourth-order valence-electron chi connectivity index (χ4n) is 7.72. The summed E-state index contributed by atoms with van der Waals surface area (Å²) < 4.78 is 1.09. The molecule has 7 aromatic rings. The van der Waals surface area contributed by atoms with E-state index in [-0.39, 0.29) is 5.41 Å². The van der Waals surface area contributed by atoms with Crippen molar-refractivity contribution in [3.8, 4) is 44.5 Å². The molecule has 42 heavy (non-hydrogen) atoms. The summed E-state index contributed by atoms with van der Waals surface area (Å²) >= 11 is 3.62. The Labute approximate surface area is 254 Å². The average molecular weight is 598 g/mol. The molecule has 0 unspecified atom stereocenters. The zero-order valence-electron chi connectivity index (χ0n) is 22.8. The molecule has 1 heteroatoms. The standard InChI is InChI=1S/C41H25Br/c42-29-10-7-9-28(25-29)26-19-21-27(22-20-26)30-14-8-15-35-31(30)23-24-36-34-13-3-6-18-39(34)41(40(35)36)37-16-4-1-11-32(37)33-12-2-5-17-38(33)41/h1-25H. The van der Waals surface area contributed by atoms with Gasteiger partial charge in [0.25, 0.3) is 0 Å². The van der Waals surface area contributed by atoms with Gasteiger partial charge in [0, 0.05) is 4.47 Å². The quantitative estimate of drug-likeness (QED) is 0.186. The lowest BCUT2D eigenvalue weighted by atomic mass is 9.69. The average Bonchev–Trinajstić information content (AvgIpc) is 3.52. The Hall–Kier alpha value is -4.72. The Morgan fingerprint density at radius 1 is 0.357 bits per heavy atom. The molecule has 2 aliphatic carbocycles. The zero-order chi connectivity index (χ0) is 27.8. The number of fused-ring (bicyclic) bond motifs is 12. The van der Waals surface area contributed by atoms with Crippen LogP contribution in [0.15, 0.2) is 156 Å². The van der Waals surface area contributed by atoms with Crippen LogP contribution in [0.1, 0.15) is 22.3 Å². The van der Waals surface area contributed by atoms with E-state index in [0.29, 0.717) is 0 Å². The van der Waals surface area contributed by atoms with Crippen molar-refractivity contribution in [3.63, 3.8) is 0 Å². The molecule has 0 radical (unpaired) electrons. The van der Waals surface area contributed by atoms with Gasteiger partial charge in [0.15, 0.2) is 0 Å². The predicted molar refractivity (Wildman–Crippen MR) is 179 cm³/mol. The van der Waals surface area contributed by atoms with E-state index >= 15 is 0 Å². The molecule has 7 aromatic carbocycles. The molecule has 0 bridgehead atoms. The fourth-order valence-corrected chi connectivity index (χ4v) is 8.12. The number of rotatable bonds is 2. The maximum atomic E-state index is 3.62. The molecule has 0 atom stereocenters. The van der Waals surface area contributed by atoms with Crippen LogP contribution < -0.4 is 0 Å². The monoisotopic (exact) mass is 596 g/mol. The number of halogens is 1.